The molecule has 1 aliphatic rings. The third kappa shape index (κ3) is 4.58. The van der Waals surface area contributed by atoms with Crippen molar-refractivity contribution in [2.75, 3.05) is 6.61 Å². The summed E-state index contributed by atoms with van der Waals surface area (Å²) >= 11 is 0. The first-order chi connectivity index (χ1) is 13.1. The Morgan fingerprint density at radius 1 is 1.15 bits per heavy atom. The minimum atomic E-state index is -0.563. The van der Waals surface area contributed by atoms with Gasteiger partial charge in [-0.15, -0.1) is 0 Å². The highest BCUT2D eigenvalue weighted by atomic mass is 16.6. The number of rotatable bonds is 7. The summed E-state index contributed by atoms with van der Waals surface area (Å²) in [6, 6.07) is 13.0. The Hall–Kier alpha value is -3.48. The van der Waals surface area contributed by atoms with Gasteiger partial charge in [0.05, 0.1) is 11.5 Å². The molecule has 0 unspecified atom stereocenters. The monoisotopic (exact) mass is 366 g/mol. The van der Waals surface area contributed by atoms with E-state index in [1.54, 1.807) is 6.08 Å². The second-order valence-electron chi connectivity index (χ2n) is 5.91. The van der Waals surface area contributed by atoms with Crippen LogP contribution in [0, 0.1) is 10.1 Å². The van der Waals surface area contributed by atoms with Gasteiger partial charge in [-0.3, -0.25) is 10.1 Å². The van der Waals surface area contributed by atoms with E-state index in [9.17, 15) is 14.9 Å². The van der Waals surface area contributed by atoms with Crippen LogP contribution in [0.1, 0.15) is 30.9 Å². The number of nitro groups is 1. The number of non-ortho nitro benzene ring substituents is 1. The van der Waals surface area contributed by atoms with Crippen LogP contribution in [-0.2, 0) is 9.53 Å². The number of unbranched alkanes of at least 4 members (excludes halogenated alkanes) is 1. The minimum absolute atomic E-state index is 0.0410. The summed E-state index contributed by atoms with van der Waals surface area (Å²) in [5, 5.41) is 10.7. The molecule has 27 heavy (non-hydrogen) atoms. The number of aliphatic imine (C=N–C) groups is 1. The molecule has 0 saturated heterocycles. The van der Waals surface area contributed by atoms with Gasteiger partial charge in [0.1, 0.15) is 5.75 Å². The van der Waals surface area contributed by atoms with Crippen molar-refractivity contribution >= 4 is 23.6 Å². The van der Waals surface area contributed by atoms with E-state index in [4.69, 9.17) is 9.47 Å². The molecule has 7 nitrogen and oxygen atoms in total. The molecule has 1 heterocycles. The van der Waals surface area contributed by atoms with Gasteiger partial charge >= 0.3 is 5.97 Å². The first-order valence-corrected chi connectivity index (χ1v) is 8.57. The average Bonchev–Trinajstić information content (AvgIpc) is 3.04. The lowest BCUT2D eigenvalue weighted by Crippen LogP contribution is -2.05. The van der Waals surface area contributed by atoms with Crippen LogP contribution >= 0.6 is 0 Å². The van der Waals surface area contributed by atoms with Crippen molar-refractivity contribution in [3.63, 3.8) is 0 Å². The molecule has 0 radical (unpaired) electrons. The predicted molar refractivity (Wildman–Crippen MR) is 101 cm³/mol. The van der Waals surface area contributed by atoms with Crippen LogP contribution in [0.2, 0.25) is 0 Å². The number of hydrogen-bond donors (Lipinski definition) is 0. The Kier molecular flexibility index (Phi) is 5.61. The summed E-state index contributed by atoms with van der Waals surface area (Å²) in [5.41, 5.74) is 1.42. The van der Waals surface area contributed by atoms with E-state index in [1.165, 1.54) is 24.3 Å². The minimum Gasteiger partial charge on any atom is -0.494 e. The number of ether oxygens (including phenoxy) is 2. The highest BCUT2D eigenvalue weighted by Crippen LogP contribution is 2.22. The highest BCUT2D eigenvalue weighted by molar-refractivity contribution is 6.12. The molecule has 0 aromatic heterocycles. The molecule has 0 amide bonds. The topological polar surface area (TPSA) is 91.0 Å². The SMILES string of the molecule is CCCCOc1ccc(/C=C2/N=C(c3ccc([N+](=O)[O-])cc3)OC2=O)cc1. The van der Waals surface area contributed by atoms with E-state index >= 15 is 0 Å². The third-order valence-corrected chi connectivity index (χ3v) is 3.90. The van der Waals surface area contributed by atoms with Crippen molar-refractivity contribution in [2.45, 2.75) is 19.8 Å². The number of hydrogen-bond acceptors (Lipinski definition) is 6. The standard InChI is InChI=1S/C20H18N2O5/c1-2-3-12-26-17-10-4-14(5-11-17)13-18-20(23)27-19(21-18)15-6-8-16(9-7-15)22(24)25/h4-11,13H,2-3,12H2,1H3/b18-13+. The first-order valence-electron chi connectivity index (χ1n) is 8.57. The van der Waals surface area contributed by atoms with Crippen LogP contribution in [0.15, 0.2) is 59.2 Å². The molecule has 0 atom stereocenters. The number of benzene rings is 2. The van der Waals surface area contributed by atoms with Gasteiger partial charge < -0.3 is 9.47 Å². The maximum absolute atomic E-state index is 12.0. The van der Waals surface area contributed by atoms with Crippen LogP contribution < -0.4 is 4.74 Å². The van der Waals surface area contributed by atoms with Gasteiger partial charge in [-0.1, -0.05) is 25.5 Å². The van der Waals surface area contributed by atoms with Gasteiger partial charge in [-0.05, 0) is 42.3 Å². The molecule has 3 rings (SSSR count). The van der Waals surface area contributed by atoms with E-state index in [1.807, 2.05) is 24.3 Å². The maximum atomic E-state index is 12.0. The predicted octanol–water partition coefficient (Wildman–Crippen LogP) is 4.12. The number of nitrogens with zero attached hydrogens (tertiary/aromatic N) is 2. The summed E-state index contributed by atoms with van der Waals surface area (Å²) in [4.78, 5) is 26.5. The molecule has 0 N–H and O–H groups in total. The van der Waals surface area contributed by atoms with Gasteiger partial charge in [-0.25, -0.2) is 9.79 Å². The molecule has 1 aliphatic heterocycles. The van der Waals surface area contributed by atoms with E-state index in [0.29, 0.717) is 12.2 Å². The maximum Gasteiger partial charge on any atom is 0.363 e. The Morgan fingerprint density at radius 2 is 1.85 bits per heavy atom. The van der Waals surface area contributed by atoms with E-state index in [2.05, 4.69) is 11.9 Å². The fourth-order valence-electron chi connectivity index (χ4n) is 2.41. The van der Waals surface area contributed by atoms with E-state index in [-0.39, 0.29) is 17.3 Å². The molecule has 2 aromatic rings. The Bertz CT molecular complexity index is 899. The van der Waals surface area contributed by atoms with E-state index < -0.39 is 10.9 Å². The van der Waals surface area contributed by atoms with Gasteiger partial charge in [0, 0.05) is 17.7 Å². The normalized spacial score (nSPS) is 14.8. The fourth-order valence-corrected chi connectivity index (χ4v) is 2.41. The Labute approximate surface area is 156 Å². The molecular weight excluding hydrogens is 348 g/mol. The average molecular weight is 366 g/mol. The fraction of sp³-hybridized carbons (Fsp3) is 0.200. The smallest absolute Gasteiger partial charge is 0.363 e. The first kappa shape index (κ1) is 18.3. The number of carbonyl (C=O) groups excluding carboxylic acids is 1. The Balaban J connectivity index is 1.74. The lowest BCUT2D eigenvalue weighted by Gasteiger charge is -2.05. The number of cyclic esters (lactones) is 1. The number of carbonyl (C=O) groups is 1. The molecule has 0 spiro atoms. The number of nitro benzene ring substituents is 1. The quantitative estimate of drug-likeness (QED) is 0.242. The zero-order chi connectivity index (χ0) is 19.2. The second kappa shape index (κ2) is 8.27. The van der Waals surface area contributed by atoms with Crippen molar-refractivity contribution in [3.05, 3.63) is 75.5 Å². The van der Waals surface area contributed by atoms with Crippen molar-refractivity contribution in [2.24, 2.45) is 4.99 Å². The molecule has 0 fully saturated rings. The zero-order valence-corrected chi connectivity index (χ0v) is 14.8. The summed E-state index contributed by atoms with van der Waals surface area (Å²) in [6.45, 7) is 2.77. The summed E-state index contributed by atoms with van der Waals surface area (Å²) in [7, 11) is 0. The second-order valence-corrected chi connectivity index (χ2v) is 5.91. The molecule has 0 aliphatic carbocycles. The van der Waals surface area contributed by atoms with Gasteiger partial charge in [0.25, 0.3) is 5.69 Å². The van der Waals surface area contributed by atoms with Crippen LogP contribution in [-0.4, -0.2) is 23.4 Å². The van der Waals surface area contributed by atoms with Gasteiger partial charge in [0.2, 0.25) is 5.90 Å². The zero-order valence-electron chi connectivity index (χ0n) is 14.8. The molecule has 0 saturated carbocycles. The van der Waals surface area contributed by atoms with Crippen LogP contribution in [0.25, 0.3) is 6.08 Å². The van der Waals surface area contributed by atoms with Crippen molar-refractivity contribution in [1.29, 1.82) is 0 Å². The Morgan fingerprint density at radius 3 is 2.48 bits per heavy atom. The number of esters is 1. The summed E-state index contributed by atoms with van der Waals surface area (Å²) < 4.78 is 10.8. The molecule has 7 heteroatoms. The summed E-state index contributed by atoms with van der Waals surface area (Å²) in [5.74, 6) is 0.335. The van der Waals surface area contributed by atoms with Gasteiger partial charge in [0.15, 0.2) is 5.70 Å². The summed E-state index contributed by atoms with van der Waals surface area (Å²) in [6.07, 6.45) is 3.69. The van der Waals surface area contributed by atoms with E-state index in [0.717, 1.165) is 24.2 Å². The molecular formula is C20H18N2O5. The molecule has 0 bridgehead atoms. The van der Waals surface area contributed by atoms with Gasteiger partial charge in [-0.2, -0.15) is 0 Å². The van der Waals surface area contributed by atoms with Crippen LogP contribution in [0.3, 0.4) is 0 Å². The molecule has 2 aromatic carbocycles. The lowest BCUT2D eigenvalue weighted by atomic mass is 10.2. The van der Waals surface area contributed by atoms with Crippen molar-refractivity contribution < 1.29 is 19.2 Å². The largest absolute Gasteiger partial charge is 0.494 e. The van der Waals surface area contributed by atoms with Crippen molar-refractivity contribution in [3.8, 4) is 5.75 Å². The lowest BCUT2D eigenvalue weighted by molar-refractivity contribution is -0.384. The van der Waals surface area contributed by atoms with Crippen LogP contribution in [0.5, 0.6) is 5.75 Å². The third-order valence-electron chi connectivity index (χ3n) is 3.90. The van der Waals surface area contributed by atoms with Crippen molar-refractivity contribution in [1.82, 2.24) is 0 Å². The highest BCUT2D eigenvalue weighted by Gasteiger charge is 2.24. The van der Waals surface area contributed by atoms with Crippen LogP contribution in [0.4, 0.5) is 5.69 Å². The molecule has 138 valence electrons.